The van der Waals surface area contributed by atoms with Crippen LogP contribution in [0.3, 0.4) is 0 Å². The molecule has 1 rings (SSSR count). The molecule has 2 heteroatoms. The van der Waals surface area contributed by atoms with Crippen LogP contribution in [0.15, 0.2) is 24.3 Å². The second-order valence-electron chi connectivity index (χ2n) is 5.85. The minimum Gasteiger partial charge on any atom is -0.326 e. The van der Waals surface area contributed by atoms with Gasteiger partial charge in [0.2, 0.25) is 0 Å². The van der Waals surface area contributed by atoms with E-state index in [0.29, 0.717) is 12.0 Å². The van der Waals surface area contributed by atoms with Gasteiger partial charge in [-0.15, -0.1) is 0 Å². The van der Waals surface area contributed by atoms with Gasteiger partial charge < -0.3 is 5.73 Å². The van der Waals surface area contributed by atoms with Crippen molar-refractivity contribution in [1.82, 2.24) is 4.90 Å². The number of rotatable bonds is 7. The minimum atomic E-state index is 0.194. The monoisotopic (exact) mass is 262 g/mol. The molecule has 1 aromatic carbocycles. The highest BCUT2D eigenvalue weighted by atomic mass is 15.2. The van der Waals surface area contributed by atoms with Gasteiger partial charge in [0.1, 0.15) is 0 Å². The fourth-order valence-corrected chi connectivity index (χ4v) is 2.75. The summed E-state index contributed by atoms with van der Waals surface area (Å²) in [5.41, 5.74) is 9.16. The van der Waals surface area contributed by atoms with Crippen molar-refractivity contribution in [2.45, 2.75) is 53.1 Å². The molecule has 0 heterocycles. The van der Waals surface area contributed by atoms with Crippen molar-refractivity contribution >= 4 is 0 Å². The third kappa shape index (κ3) is 4.32. The Hall–Kier alpha value is -0.860. The largest absolute Gasteiger partial charge is 0.326 e. The molecule has 2 N–H and O–H groups in total. The van der Waals surface area contributed by atoms with Gasteiger partial charge in [0, 0.05) is 12.6 Å². The molecular formula is C17H30N2. The first-order valence-corrected chi connectivity index (χ1v) is 7.56. The van der Waals surface area contributed by atoms with E-state index in [9.17, 15) is 0 Å². The molecule has 0 spiro atoms. The van der Waals surface area contributed by atoms with E-state index in [2.05, 4.69) is 63.8 Å². The van der Waals surface area contributed by atoms with E-state index in [1.165, 1.54) is 11.1 Å². The summed E-state index contributed by atoms with van der Waals surface area (Å²) in [7, 11) is 0. The zero-order chi connectivity index (χ0) is 14.4. The number of nitrogens with two attached hydrogens (primary N) is 1. The highest BCUT2D eigenvalue weighted by molar-refractivity contribution is 5.30. The topological polar surface area (TPSA) is 29.3 Å². The van der Waals surface area contributed by atoms with E-state index in [1.807, 2.05) is 0 Å². The van der Waals surface area contributed by atoms with Crippen molar-refractivity contribution in [3.8, 4) is 0 Å². The Kier molecular flexibility index (Phi) is 6.53. The molecule has 0 saturated heterocycles. The molecule has 0 bridgehead atoms. The molecule has 1 aromatic rings. The lowest BCUT2D eigenvalue weighted by Crippen LogP contribution is -2.42. The summed E-state index contributed by atoms with van der Waals surface area (Å²) >= 11 is 0. The van der Waals surface area contributed by atoms with Crippen LogP contribution < -0.4 is 5.73 Å². The van der Waals surface area contributed by atoms with Crippen LogP contribution in [0.2, 0.25) is 0 Å². The van der Waals surface area contributed by atoms with Gasteiger partial charge in [0.25, 0.3) is 0 Å². The molecule has 19 heavy (non-hydrogen) atoms. The van der Waals surface area contributed by atoms with Crippen LogP contribution >= 0.6 is 0 Å². The maximum absolute atomic E-state index is 6.43. The fraction of sp³-hybridized carbons (Fsp3) is 0.647. The normalized spacial score (nSPS) is 14.9. The van der Waals surface area contributed by atoms with Crippen LogP contribution in [0.25, 0.3) is 0 Å². The van der Waals surface area contributed by atoms with E-state index in [1.54, 1.807) is 0 Å². The molecule has 2 atom stereocenters. The van der Waals surface area contributed by atoms with Gasteiger partial charge in [-0.2, -0.15) is 0 Å². The first-order chi connectivity index (χ1) is 9.01. The summed E-state index contributed by atoms with van der Waals surface area (Å²) in [6, 6.07) is 9.18. The van der Waals surface area contributed by atoms with E-state index in [-0.39, 0.29) is 6.04 Å². The Morgan fingerprint density at radius 2 is 1.79 bits per heavy atom. The van der Waals surface area contributed by atoms with E-state index >= 15 is 0 Å². The van der Waals surface area contributed by atoms with Crippen LogP contribution in [0.4, 0.5) is 0 Å². The summed E-state index contributed by atoms with van der Waals surface area (Å²) in [6.45, 7) is 13.3. The van der Waals surface area contributed by atoms with Gasteiger partial charge in [-0.25, -0.2) is 0 Å². The van der Waals surface area contributed by atoms with Crippen molar-refractivity contribution in [2.75, 3.05) is 13.1 Å². The van der Waals surface area contributed by atoms with Gasteiger partial charge in [-0.1, -0.05) is 52.0 Å². The minimum absolute atomic E-state index is 0.194. The molecule has 108 valence electrons. The SMILES string of the molecule is CCC(N)C(c1ccccc1C)N(CC)CC(C)C. The van der Waals surface area contributed by atoms with Crippen molar-refractivity contribution in [3.63, 3.8) is 0 Å². The predicted octanol–water partition coefficient (Wildman–Crippen LogP) is 3.75. The Labute approximate surface area is 119 Å². The number of aryl methyl sites for hydroxylation is 1. The Morgan fingerprint density at radius 3 is 2.26 bits per heavy atom. The van der Waals surface area contributed by atoms with Gasteiger partial charge >= 0.3 is 0 Å². The predicted molar refractivity (Wildman–Crippen MR) is 84.3 cm³/mol. The zero-order valence-corrected chi connectivity index (χ0v) is 13.2. The van der Waals surface area contributed by atoms with E-state index < -0.39 is 0 Å². The average Bonchev–Trinajstić information content (AvgIpc) is 2.39. The second-order valence-corrected chi connectivity index (χ2v) is 5.85. The Bertz CT molecular complexity index is 373. The maximum atomic E-state index is 6.43. The highest BCUT2D eigenvalue weighted by Gasteiger charge is 2.26. The highest BCUT2D eigenvalue weighted by Crippen LogP contribution is 2.28. The first-order valence-electron chi connectivity index (χ1n) is 7.56. The van der Waals surface area contributed by atoms with Crippen LogP contribution in [0.1, 0.15) is 51.3 Å². The Balaban J connectivity index is 3.10. The van der Waals surface area contributed by atoms with E-state index in [0.717, 1.165) is 19.5 Å². The van der Waals surface area contributed by atoms with Crippen molar-refractivity contribution in [3.05, 3.63) is 35.4 Å². The lowest BCUT2D eigenvalue weighted by molar-refractivity contribution is 0.158. The molecule has 2 unspecified atom stereocenters. The number of benzene rings is 1. The number of hydrogen-bond acceptors (Lipinski definition) is 2. The first kappa shape index (κ1) is 16.2. The summed E-state index contributed by atoms with van der Waals surface area (Å²) in [5, 5.41) is 0. The second kappa shape index (κ2) is 7.66. The number of likely N-dealkylation sites (N-methyl/N-ethyl adjacent to an activating group) is 1. The summed E-state index contributed by atoms with van der Waals surface area (Å²) in [6.07, 6.45) is 1.01. The molecule has 0 aliphatic rings. The maximum Gasteiger partial charge on any atom is 0.0501 e. The van der Waals surface area contributed by atoms with Crippen LogP contribution in [-0.4, -0.2) is 24.0 Å². The van der Waals surface area contributed by atoms with Gasteiger partial charge in [-0.3, -0.25) is 4.90 Å². The molecule has 2 nitrogen and oxygen atoms in total. The van der Waals surface area contributed by atoms with Crippen LogP contribution in [-0.2, 0) is 0 Å². The van der Waals surface area contributed by atoms with Gasteiger partial charge in [-0.05, 0) is 36.9 Å². The average molecular weight is 262 g/mol. The molecule has 0 aliphatic heterocycles. The van der Waals surface area contributed by atoms with Crippen molar-refractivity contribution in [2.24, 2.45) is 11.7 Å². The summed E-state index contributed by atoms with van der Waals surface area (Å²) in [5.74, 6) is 0.663. The van der Waals surface area contributed by atoms with Gasteiger partial charge in [0.05, 0.1) is 6.04 Å². The van der Waals surface area contributed by atoms with Gasteiger partial charge in [0.15, 0.2) is 0 Å². The molecule has 0 fully saturated rings. The standard InChI is InChI=1S/C17H30N2/c1-6-16(18)17(19(7-2)12-13(3)4)15-11-9-8-10-14(15)5/h8-11,13,16-17H,6-7,12,18H2,1-5H3. The fourth-order valence-electron chi connectivity index (χ4n) is 2.75. The molecule has 0 aliphatic carbocycles. The molecule has 0 aromatic heterocycles. The number of nitrogens with zero attached hydrogens (tertiary/aromatic N) is 1. The zero-order valence-electron chi connectivity index (χ0n) is 13.2. The van der Waals surface area contributed by atoms with Crippen molar-refractivity contribution < 1.29 is 0 Å². The van der Waals surface area contributed by atoms with Crippen molar-refractivity contribution in [1.29, 1.82) is 0 Å². The molecule has 0 saturated carbocycles. The Morgan fingerprint density at radius 1 is 1.16 bits per heavy atom. The third-order valence-electron chi connectivity index (χ3n) is 3.78. The summed E-state index contributed by atoms with van der Waals surface area (Å²) in [4.78, 5) is 2.53. The lowest BCUT2D eigenvalue weighted by Gasteiger charge is -2.36. The molecule has 0 amide bonds. The molecular weight excluding hydrogens is 232 g/mol. The number of hydrogen-bond donors (Lipinski definition) is 1. The smallest absolute Gasteiger partial charge is 0.0501 e. The quantitative estimate of drug-likeness (QED) is 0.811. The van der Waals surface area contributed by atoms with Crippen LogP contribution in [0.5, 0.6) is 0 Å². The van der Waals surface area contributed by atoms with Crippen LogP contribution in [0, 0.1) is 12.8 Å². The summed E-state index contributed by atoms with van der Waals surface area (Å²) < 4.78 is 0. The lowest BCUT2D eigenvalue weighted by atomic mass is 9.92. The van der Waals surface area contributed by atoms with E-state index in [4.69, 9.17) is 5.73 Å². The third-order valence-corrected chi connectivity index (χ3v) is 3.78. The molecule has 0 radical (unpaired) electrons.